The van der Waals surface area contributed by atoms with Crippen LogP contribution in [-0.2, 0) is 4.79 Å². The number of pyridine rings is 1. The Morgan fingerprint density at radius 2 is 1.74 bits per heavy atom. The van der Waals surface area contributed by atoms with Gasteiger partial charge in [-0.1, -0.05) is 26.7 Å². The van der Waals surface area contributed by atoms with E-state index in [0.29, 0.717) is 5.91 Å². The maximum absolute atomic E-state index is 12.5. The van der Waals surface area contributed by atoms with E-state index in [1.807, 2.05) is 18.3 Å². The molecule has 1 amide bonds. The van der Waals surface area contributed by atoms with Gasteiger partial charge in [0, 0.05) is 56.3 Å². The van der Waals surface area contributed by atoms with Crippen molar-refractivity contribution in [1.82, 2.24) is 14.8 Å². The predicted octanol–water partition coefficient (Wildman–Crippen LogP) is 5.95. The number of nitrogens with zero attached hydrogens (tertiary/aromatic N) is 3. The first-order valence-corrected chi connectivity index (χ1v) is 12.8. The highest BCUT2D eigenvalue weighted by Gasteiger charge is 2.25. The summed E-state index contributed by atoms with van der Waals surface area (Å²) in [6.07, 6.45) is 8.60. The number of nitrogens with one attached hydrogen (secondary N) is 1. The van der Waals surface area contributed by atoms with E-state index in [-0.39, 0.29) is 30.7 Å². The van der Waals surface area contributed by atoms with Gasteiger partial charge in [-0.25, -0.2) is 0 Å². The zero-order valence-corrected chi connectivity index (χ0v) is 23.5. The van der Waals surface area contributed by atoms with Gasteiger partial charge in [-0.05, 0) is 56.8 Å². The second kappa shape index (κ2) is 16.1. The van der Waals surface area contributed by atoms with E-state index >= 15 is 0 Å². The fraction of sp³-hybridized carbons (Fsp3) is 0.630. The number of hydrogen-bond donors (Lipinski definition) is 1. The van der Waals surface area contributed by atoms with Crippen LogP contribution in [0.15, 0.2) is 24.4 Å². The van der Waals surface area contributed by atoms with Gasteiger partial charge in [0.2, 0.25) is 5.91 Å². The molecule has 1 aliphatic heterocycles. The number of carbonyl (C=O) groups is 1. The van der Waals surface area contributed by atoms with Crippen molar-refractivity contribution >= 4 is 47.3 Å². The zero-order valence-electron chi connectivity index (χ0n) is 21.8. The molecule has 0 spiro atoms. The topological polar surface area (TPSA) is 57.7 Å². The average molecular weight is 528 g/mol. The van der Waals surface area contributed by atoms with Crippen molar-refractivity contribution < 1.29 is 9.53 Å². The third kappa shape index (κ3) is 8.69. The molecule has 1 N–H and O–H groups in total. The number of aryl methyl sites for hydroxylation is 1. The number of ether oxygens (including phenoxy) is 1. The van der Waals surface area contributed by atoms with Crippen LogP contribution in [0, 0.1) is 12.8 Å². The molecule has 1 aromatic carbocycles. The highest BCUT2D eigenvalue weighted by Crippen LogP contribution is 2.29. The van der Waals surface area contributed by atoms with Crippen molar-refractivity contribution in [2.75, 3.05) is 51.7 Å². The maximum Gasteiger partial charge on any atom is 0.225 e. The summed E-state index contributed by atoms with van der Waals surface area (Å²) in [5.74, 6) is 1.43. The van der Waals surface area contributed by atoms with Crippen LogP contribution in [0.25, 0.3) is 10.9 Å². The molecule has 1 aliphatic rings. The summed E-state index contributed by atoms with van der Waals surface area (Å²) in [7, 11) is 1.71. The van der Waals surface area contributed by atoms with Crippen molar-refractivity contribution in [1.29, 1.82) is 0 Å². The van der Waals surface area contributed by atoms with Gasteiger partial charge in [0.05, 0.1) is 18.3 Å². The monoisotopic (exact) mass is 526 g/mol. The van der Waals surface area contributed by atoms with E-state index in [2.05, 4.69) is 46.9 Å². The van der Waals surface area contributed by atoms with Gasteiger partial charge in [-0.15, -0.1) is 24.8 Å². The van der Waals surface area contributed by atoms with Gasteiger partial charge in [-0.3, -0.25) is 14.7 Å². The molecule has 2 aromatic rings. The molecule has 6 nitrogen and oxygen atoms in total. The number of piperazine rings is 1. The number of rotatable bonds is 12. The number of methoxy groups -OCH3 is 1. The summed E-state index contributed by atoms with van der Waals surface area (Å²) in [5.41, 5.74) is 3.27. The molecule has 0 unspecified atom stereocenters. The normalized spacial score (nSPS) is 13.9. The van der Waals surface area contributed by atoms with Crippen LogP contribution in [0.3, 0.4) is 0 Å². The van der Waals surface area contributed by atoms with Crippen LogP contribution in [0.4, 0.5) is 5.69 Å². The molecule has 1 fully saturated rings. The van der Waals surface area contributed by atoms with Crippen LogP contribution >= 0.6 is 24.8 Å². The van der Waals surface area contributed by atoms with Crippen molar-refractivity contribution in [2.24, 2.45) is 5.92 Å². The molecule has 198 valence electrons. The van der Waals surface area contributed by atoms with Gasteiger partial charge in [0.25, 0.3) is 0 Å². The second-order valence-electron chi connectivity index (χ2n) is 9.22. The van der Waals surface area contributed by atoms with Gasteiger partial charge >= 0.3 is 0 Å². The van der Waals surface area contributed by atoms with E-state index < -0.39 is 0 Å². The summed E-state index contributed by atoms with van der Waals surface area (Å²) in [6.45, 7) is 12.2. The summed E-state index contributed by atoms with van der Waals surface area (Å²) in [6, 6.07) is 6.14. The van der Waals surface area contributed by atoms with Crippen LogP contribution < -0.4 is 10.1 Å². The smallest absolute Gasteiger partial charge is 0.225 e. The maximum atomic E-state index is 12.5. The lowest BCUT2D eigenvalue weighted by molar-refractivity contribution is -0.137. The molecule has 8 heteroatoms. The zero-order chi connectivity index (χ0) is 23.6. The van der Waals surface area contributed by atoms with Gasteiger partial charge in [-0.2, -0.15) is 0 Å². The van der Waals surface area contributed by atoms with E-state index in [1.54, 1.807) is 7.11 Å². The molecule has 0 radical (unpaired) electrons. The molecular formula is C27H44Cl2N4O2. The molecule has 0 saturated carbocycles. The largest absolute Gasteiger partial charge is 0.497 e. The van der Waals surface area contributed by atoms with Gasteiger partial charge in [0.15, 0.2) is 0 Å². The predicted molar refractivity (Wildman–Crippen MR) is 152 cm³/mol. The Morgan fingerprint density at radius 3 is 2.40 bits per heavy atom. The molecule has 1 aromatic heterocycles. The van der Waals surface area contributed by atoms with Gasteiger partial charge in [0.1, 0.15) is 5.75 Å². The third-order valence-electron chi connectivity index (χ3n) is 7.01. The summed E-state index contributed by atoms with van der Waals surface area (Å²) in [5, 5.41) is 4.71. The SMILES string of the molecule is CCC(CC)C(=O)N1CCN(CCCCCCNc2cc(OC)cc3c(C)ccnc23)CC1.Cl.Cl. The summed E-state index contributed by atoms with van der Waals surface area (Å²) in [4.78, 5) is 21.7. The minimum Gasteiger partial charge on any atom is -0.497 e. The number of unbranched alkanes of at least 4 members (excludes halogenated alkanes) is 3. The van der Waals surface area contributed by atoms with Crippen molar-refractivity contribution in [3.05, 3.63) is 30.0 Å². The lowest BCUT2D eigenvalue weighted by Gasteiger charge is -2.36. The number of carbonyl (C=O) groups excluding carboxylic acids is 1. The van der Waals surface area contributed by atoms with Crippen molar-refractivity contribution in [3.8, 4) is 5.75 Å². The number of halogens is 2. The lowest BCUT2D eigenvalue weighted by atomic mass is 10.0. The summed E-state index contributed by atoms with van der Waals surface area (Å²) < 4.78 is 5.48. The van der Waals surface area contributed by atoms with E-state index in [4.69, 9.17) is 4.74 Å². The van der Waals surface area contributed by atoms with E-state index in [9.17, 15) is 4.79 Å². The van der Waals surface area contributed by atoms with E-state index in [1.165, 1.54) is 24.8 Å². The fourth-order valence-electron chi connectivity index (χ4n) is 4.74. The number of hydrogen-bond acceptors (Lipinski definition) is 5. The van der Waals surface area contributed by atoms with Gasteiger partial charge < -0.3 is 15.0 Å². The standard InChI is InChI=1S/C27H42N4O2.2ClH/c1-5-22(6-2)27(32)31-17-15-30(16-18-31)14-10-8-7-9-12-28-25-20-23(33-4)19-24-21(3)11-13-29-26(24)25;;/h11,13,19-20,22,28H,5-10,12,14-18H2,1-4H3;2*1H. The molecule has 1 saturated heterocycles. The van der Waals surface area contributed by atoms with Crippen LogP contribution in [0.2, 0.25) is 0 Å². The Kier molecular flexibility index (Phi) is 14.4. The minimum absolute atomic E-state index is 0. The first-order chi connectivity index (χ1) is 16.1. The Morgan fingerprint density at radius 1 is 1.06 bits per heavy atom. The van der Waals surface area contributed by atoms with Crippen LogP contribution in [0.5, 0.6) is 5.75 Å². The molecule has 0 bridgehead atoms. The lowest BCUT2D eigenvalue weighted by Crippen LogP contribution is -2.50. The highest BCUT2D eigenvalue weighted by molar-refractivity contribution is 5.93. The van der Waals surface area contributed by atoms with Crippen LogP contribution in [-0.4, -0.2) is 67.1 Å². The molecule has 0 aliphatic carbocycles. The number of anilines is 1. The van der Waals surface area contributed by atoms with Crippen molar-refractivity contribution in [2.45, 2.75) is 59.3 Å². The Balaban J connectivity index is 0.00000306. The van der Waals surface area contributed by atoms with Crippen molar-refractivity contribution in [3.63, 3.8) is 0 Å². The fourth-order valence-corrected chi connectivity index (χ4v) is 4.74. The first-order valence-electron chi connectivity index (χ1n) is 12.8. The Bertz CT molecular complexity index is 900. The summed E-state index contributed by atoms with van der Waals surface area (Å²) >= 11 is 0. The number of benzene rings is 1. The quantitative estimate of drug-likeness (QED) is 0.346. The highest BCUT2D eigenvalue weighted by atomic mass is 35.5. The third-order valence-corrected chi connectivity index (χ3v) is 7.01. The molecule has 35 heavy (non-hydrogen) atoms. The Labute approximate surface area is 224 Å². The average Bonchev–Trinajstić information content (AvgIpc) is 2.84. The number of aromatic nitrogens is 1. The number of amides is 1. The Hall–Kier alpha value is -1.76. The number of fused-ring (bicyclic) bond motifs is 1. The molecule has 2 heterocycles. The minimum atomic E-state index is 0. The first kappa shape index (κ1) is 31.3. The molecular weight excluding hydrogens is 483 g/mol. The van der Waals surface area contributed by atoms with Crippen LogP contribution in [0.1, 0.15) is 57.9 Å². The van der Waals surface area contributed by atoms with E-state index in [0.717, 1.165) is 80.9 Å². The molecule has 3 rings (SSSR count). The molecule has 0 atom stereocenters. The second-order valence-corrected chi connectivity index (χ2v) is 9.22.